The summed E-state index contributed by atoms with van der Waals surface area (Å²) in [6.07, 6.45) is 1.61. The van der Waals surface area contributed by atoms with Crippen molar-refractivity contribution >= 4 is 38.1 Å². The highest BCUT2D eigenvalue weighted by Gasteiger charge is 2.23. The van der Waals surface area contributed by atoms with Gasteiger partial charge in [0, 0.05) is 12.5 Å². The maximum atomic E-state index is 12.2. The van der Waals surface area contributed by atoms with Gasteiger partial charge in [-0.05, 0) is 0 Å². The summed E-state index contributed by atoms with van der Waals surface area (Å²) in [5.41, 5.74) is 1.55. The van der Waals surface area contributed by atoms with Crippen molar-refractivity contribution in [3.05, 3.63) is 36.5 Å². The SMILES string of the molecule is CC(=O)NCC(=O)NS(=O)(=O)c1nn2cc(-c3ccccc3)nc2s1. The third-order valence-electron chi connectivity index (χ3n) is 3.07. The molecule has 3 aromatic rings. The molecule has 3 rings (SSSR count). The minimum absolute atomic E-state index is 0.286. The van der Waals surface area contributed by atoms with Gasteiger partial charge >= 0.3 is 0 Å². The number of carbonyl (C=O) groups is 2. The number of benzene rings is 1. The zero-order valence-corrected chi connectivity index (χ0v) is 14.6. The first-order chi connectivity index (χ1) is 11.8. The Morgan fingerprint density at radius 1 is 1.24 bits per heavy atom. The zero-order chi connectivity index (χ0) is 18.0. The zero-order valence-electron chi connectivity index (χ0n) is 13.0. The van der Waals surface area contributed by atoms with Crippen molar-refractivity contribution in [1.82, 2.24) is 24.6 Å². The molecule has 0 unspecified atom stereocenters. The van der Waals surface area contributed by atoms with Crippen molar-refractivity contribution in [3.63, 3.8) is 0 Å². The van der Waals surface area contributed by atoms with Gasteiger partial charge in [-0.25, -0.2) is 14.2 Å². The molecule has 0 aliphatic carbocycles. The predicted octanol–water partition coefficient (Wildman–Crippen LogP) is 0.399. The number of nitrogens with one attached hydrogen (secondary N) is 2. The average Bonchev–Trinajstić information content (AvgIpc) is 3.12. The molecule has 130 valence electrons. The molecule has 0 atom stereocenters. The maximum Gasteiger partial charge on any atom is 0.293 e. The number of sulfonamides is 1. The average molecular weight is 379 g/mol. The van der Waals surface area contributed by atoms with Gasteiger partial charge in [-0.3, -0.25) is 9.59 Å². The van der Waals surface area contributed by atoms with E-state index in [4.69, 9.17) is 0 Å². The lowest BCUT2D eigenvalue weighted by Crippen LogP contribution is -2.39. The van der Waals surface area contributed by atoms with E-state index in [9.17, 15) is 18.0 Å². The van der Waals surface area contributed by atoms with E-state index in [-0.39, 0.29) is 4.34 Å². The number of hydrogen-bond acceptors (Lipinski definition) is 7. The van der Waals surface area contributed by atoms with Crippen LogP contribution >= 0.6 is 11.3 Å². The van der Waals surface area contributed by atoms with Gasteiger partial charge in [-0.15, -0.1) is 5.10 Å². The van der Waals surface area contributed by atoms with Crippen LogP contribution in [0, 0.1) is 0 Å². The molecule has 11 heteroatoms. The van der Waals surface area contributed by atoms with E-state index in [0.29, 0.717) is 10.7 Å². The first-order valence-electron chi connectivity index (χ1n) is 7.07. The first kappa shape index (κ1) is 17.0. The van der Waals surface area contributed by atoms with Crippen LogP contribution in [-0.2, 0) is 19.6 Å². The number of hydrogen-bond donors (Lipinski definition) is 2. The Morgan fingerprint density at radius 3 is 2.60 bits per heavy atom. The Labute approximate surface area is 146 Å². The molecule has 2 heterocycles. The Balaban J connectivity index is 1.80. The van der Waals surface area contributed by atoms with Crippen LogP contribution in [0.4, 0.5) is 0 Å². The molecule has 0 aliphatic heterocycles. The fourth-order valence-electron chi connectivity index (χ4n) is 1.97. The number of rotatable bonds is 5. The molecule has 1 aromatic carbocycles. The van der Waals surface area contributed by atoms with Crippen LogP contribution in [0.5, 0.6) is 0 Å². The Hall–Kier alpha value is -2.79. The molecule has 0 saturated carbocycles. The molecule has 25 heavy (non-hydrogen) atoms. The molecule has 2 aromatic heterocycles. The molecule has 0 saturated heterocycles. The fraction of sp³-hybridized carbons (Fsp3) is 0.143. The smallest absolute Gasteiger partial charge is 0.293 e. The van der Waals surface area contributed by atoms with E-state index in [1.54, 1.807) is 6.20 Å². The lowest BCUT2D eigenvalue weighted by molar-refractivity contribution is -0.124. The van der Waals surface area contributed by atoms with Gasteiger partial charge in [0.1, 0.15) is 0 Å². The van der Waals surface area contributed by atoms with Gasteiger partial charge in [0.25, 0.3) is 20.3 Å². The molecular weight excluding hydrogens is 366 g/mol. The standard InChI is InChI=1S/C14H13N5O4S2/c1-9(20)15-7-12(21)18-25(22,23)14-17-19-8-11(16-13(19)24-14)10-5-3-2-4-6-10/h2-6,8H,7H2,1H3,(H,15,20)(H,18,21). The minimum Gasteiger partial charge on any atom is -0.347 e. The molecular formula is C14H13N5O4S2. The summed E-state index contributed by atoms with van der Waals surface area (Å²) in [5.74, 6) is -1.29. The summed E-state index contributed by atoms with van der Waals surface area (Å²) in [4.78, 5) is 27.1. The van der Waals surface area contributed by atoms with E-state index in [1.165, 1.54) is 11.4 Å². The highest BCUT2D eigenvalue weighted by molar-refractivity contribution is 7.92. The minimum atomic E-state index is -4.12. The Kier molecular flexibility index (Phi) is 4.51. The van der Waals surface area contributed by atoms with E-state index in [0.717, 1.165) is 16.9 Å². The normalized spacial score (nSPS) is 11.4. The number of imidazole rings is 1. The lowest BCUT2D eigenvalue weighted by atomic mass is 10.2. The highest BCUT2D eigenvalue weighted by Crippen LogP contribution is 2.23. The van der Waals surface area contributed by atoms with Crippen molar-refractivity contribution in [3.8, 4) is 11.3 Å². The number of amides is 2. The third-order valence-corrected chi connectivity index (χ3v) is 5.73. The number of fused-ring (bicyclic) bond motifs is 1. The topological polar surface area (TPSA) is 123 Å². The second kappa shape index (κ2) is 6.61. The lowest BCUT2D eigenvalue weighted by Gasteiger charge is -2.04. The monoisotopic (exact) mass is 379 g/mol. The van der Waals surface area contributed by atoms with Crippen molar-refractivity contribution in [1.29, 1.82) is 0 Å². The molecule has 0 aliphatic rings. The second-order valence-electron chi connectivity index (χ2n) is 5.03. The van der Waals surface area contributed by atoms with Gasteiger partial charge in [0.15, 0.2) is 0 Å². The van der Waals surface area contributed by atoms with Crippen LogP contribution in [0.15, 0.2) is 40.9 Å². The molecule has 2 N–H and O–H groups in total. The van der Waals surface area contributed by atoms with Crippen LogP contribution in [0.2, 0.25) is 0 Å². The van der Waals surface area contributed by atoms with Gasteiger partial charge in [-0.1, -0.05) is 41.7 Å². The highest BCUT2D eigenvalue weighted by atomic mass is 32.2. The number of aromatic nitrogens is 3. The van der Waals surface area contributed by atoms with Crippen LogP contribution in [-0.4, -0.2) is 41.4 Å². The summed E-state index contributed by atoms with van der Waals surface area (Å²) in [6, 6.07) is 9.39. The maximum absolute atomic E-state index is 12.2. The summed E-state index contributed by atoms with van der Waals surface area (Å²) < 4.78 is 27.3. The number of carbonyl (C=O) groups excluding carboxylic acids is 2. The molecule has 0 bridgehead atoms. The predicted molar refractivity (Wildman–Crippen MR) is 90.3 cm³/mol. The molecule has 2 amide bonds. The summed E-state index contributed by atoms with van der Waals surface area (Å²) in [6.45, 7) is 0.789. The van der Waals surface area contributed by atoms with Crippen LogP contribution in [0.25, 0.3) is 16.2 Å². The molecule has 0 fully saturated rings. The van der Waals surface area contributed by atoms with Crippen LogP contribution < -0.4 is 10.0 Å². The van der Waals surface area contributed by atoms with Crippen molar-refractivity contribution in [2.45, 2.75) is 11.3 Å². The van der Waals surface area contributed by atoms with Gasteiger partial charge in [-0.2, -0.15) is 8.42 Å². The quantitative estimate of drug-likeness (QED) is 0.661. The Bertz CT molecular complexity index is 1010. The van der Waals surface area contributed by atoms with Gasteiger partial charge in [0.2, 0.25) is 10.9 Å². The van der Waals surface area contributed by atoms with Crippen LogP contribution in [0.3, 0.4) is 0 Å². The van der Waals surface area contributed by atoms with Gasteiger partial charge in [0.05, 0.1) is 18.4 Å². The van der Waals surface area contributed by atoms with E-state index >= 15 is 0 Å². The number of nitrogens with zero attached hydrogens (tertiary/aromatic N) is 3. The van der Waals surface area contributed by atoms with E-state index in [1.807, 2.05) is 35.1 Å². The first-order valence-corrected chi connectivity index (χ1v) is 9.37. The summed E-state index contributed by atoms with van der Waals surface area (Å²) in [7, 11) is -4.12. The molecule has 0 spiro atoms. The van der Waals surface area contributed by atoms with E-state index in [2.05, 4.69) is 15.4 Å². The summed E-state index contributed by atoms with van der Waals surface area (Å²) >= 11 is 0.837. The fourth-order valence-corrected chi connectivity index (χ4v) is 4.03. The van der Waals surface area contributed by atoms with E-state index < -0.39 is 28.4 Å². The summed E-state index contributed by atoms with van der Waals surface area (Å²) in [5, 5.41) is 6.18. The molecule has 0 radical (unpaired) electrons. The van der Waals surface area contributed by atoms with Crippen molar-refractivity contribution < 1.29 is 18.0 Å². The van der Waals surface area contributed by atoms with Crippen LogP contribution in [0.1, 0.15) is 6.92 Å². The van der Waals surface area contributed by atoms with Crippen molar-refractivity contribution in [2.24, 2.45) is 0 Å². The largest absolute Gasteiger partial charge is 0.347 e. The second-order valence-corrected chi connectivity index (χ2v) is 7.84. The molecule has 9 nitrogen and oxygen atoms in total. The Morgan fingerprint density at radius 2 is 1.96 bits per heavy atom. The van der Waals surface area contributed by atoms with Crippen molar-refractivity contribution in [2.75, 3.05) is 6.54 Å². The third kappa shape index (κ3) is 3.83. The van der Waals surface area contributed by atoms with Gasteiger partial charge < -0.3 is 5.32 Å².